The molecule has 0 heterocycles. The number of ether oxygens (including phenoxy) is 2. The van der Waals surface area contributed by atoms with Gasteiger partial charge in [0.1, 0.15) is 5.60 Å². The molecule has 0 aromatic carbocycles. The van der Waals surface area contributed by atoms with Crippen LogP contribution in [-0.2, 0) is 9.47 Å². The first-order valence-corrected chi connectivity index (χ1v) is 6.87. The molecule has 0 aromatic rings. The van der Waals surface area contributed by atoms with Crippen LogP contribution in [0.5, 0.6) is 0 Å². The van der Waals surface area contributed by atoms with Crippen molar-refractivity contribution in [1.29, 1.82) is 0 Å². The number of nitrogens with one attached hydrogen (secondary N) is 1. The minimum absolute atomic E-state index is 0.184. The summed E-state index contributed by atoms with van der Waals surface area (Å²) in [6, 6.07) is 0.303. The number of nitrogens with zero attached hydrogens (tertiary/aromatic N) is 1. The van der Waals surface area contributed by atoms with Crippen LogP contribution in [-0.4, -0.2) is 56.0 Å². The van der Waals surface area contributed by atoms with Crippen molar-refractivity contribution >= 4 is 6.09 Å². The number of rotatable bonds is 7. The fourth-order valence-corrected chi connectivity index (χ4v) is 1.45. The van der Waals surface area contributed by atoms with Crippen molar-refractivity contribution in [2.24, 2.45) is 0 Å². The molecular formula is C14H30N2O3. The molecular weight excluding hydrogens is 244 g/mol. The molecule has 0 bridgehead atoms. The van der Waals surface area contributed by atoms with Crippen LogP contribution in [0.1, 0.15) is 41.0 Å². The highest BCUT2D eigenvalue weighted by Gasteiger charge is 2.19. The molecule has 0 saturated carbocycles. The molecule has 19 heavy (non-hydrogen) atoms. The van der Waals surface area contributed by atoms with Crippen LogP contribution >= 0.6 is 0 Å². The van der Waals surface area contributed by atoms with Gasteiger partial charge in [-0.3, -0.25) is 0 Å². The number of carbonyl (C=O) groups excluding carboxylic acids is 1. The first-order valence-electron chi connectivity index (χ1n) is 6.87. The number of hydrogen-bond donors (Lipinski definition) is 1. The average Bonchev–Trinajstić information content (AvgIpc) is 2.30. The summed E-state index contributed by atoms with van der Waals surface area (Å²) in [5.41, 5.74) is -0.438. The third-order valence-electron chi connectivity index (χ3n) is 2.92. The summed E-state index contributed by atoms with van der Waals surface area (Å²) in [6.07, 6.45) is 0.797. The molecule has 0 fully saturated rings. The lowest BCUT2D eigenvalue weighted by atomic mass is 10.2. The minimum atomic E-state index is -0.438. The lowest BCUT2D eigenvalue weighted by molar-refractivity contribution is 0.0295. The van der Waals surface area contributed by atoms with E-state index in [1.165, 1.54) is 0 Å². The second kappa shape index (κ2) is 8.38. The molecule has 1 N–H and O–H groups in total. The molecule has 0 saturated heterocycles. The first-order chi connectivity index (χ1) is 8.67. The van der Waals surface area contributed by atoms with E-state index in [1.54, 1.807) is 19.1 Å². The Morgan fingerprint density at radius 1 is 1.32 bits per heavy atom. The van der Waals surface area contributed by atoms with Crippen LogP contribution in [0.4, 0.5) is 4.79 Å². The van der Waals surface area contributed by atoms with Crippen LogP contribution < -0.4 is 5.32 Å². The second-order valence-electron chi connectivity index (χ2n) is 5.94. The van der Waals surface area contributed by atoms with Gasteiger partial charge in [0.25, 0.3) is 0 Å². The highest BCUT2D eigenvalue weighted by Crippen LogP contribution is 2.09. The molecule has 5 heteroatoms. The zero-order valence-electron chi connectivity index (χ0n) is 13.4. The van der Waals surface area contributed by atoms with Gasteiger partial charge in [0.2, 0.25) is 0 Å². The van der Waals surface area contributed by atoms with E-state index in [4.69, 9.17) is 9.47 Å². The normalized spacial score (nSPS) is 14.9. The smallest absolute Gasteiger partial charge is 0.410 e. The fraction of sp³-hybridized carbons (Fsp3) is 0.929. The molecule has 0 aliphatic heterocycles. The number of carbonyl (C=O) groups is 1. The zero-order valence-corrected chi connectivity index (χ0v) is 13.4. The van der Waals surface area contributed by atoms with Gasteiger partial charge in [-0.2, -0.15) is 0 Å². The zero-order chi connectivity index (χ0) is 15.1. The van der Waals surface area contributed by atoms with E-state index < -0.39 is 5.60 Å². The second-order valence-corrected chi connectivity index (χ2v) is 5.94. The molecule has 0 radical (unpaired) electrons. The Bertz CT molecular complexity index is 264. The van der Waals surface area contributed by atoms with Gasteiger partial charge in [-0.25, -0.2) is 4.79 Å². The van der Waals surface area contributed by atoms with Crippen molar-refractivity contribution in [3.8, 4) is 0 Å². The van der Waals surface area contributed by atoms with Crippen molar-refractivity contribution in [3.63, 3.8) is 0 Å². The van der Waals surface area contributed by atoms with Gasteiger partial charge in [0.15, 0.2) is 0 Å². The third-order valence-corrected chi connectivity index (χ3v) is 2.92. The van der Waals surface area contributed by atoms with Gasteiger partial charge in [-0.1, -0.05) is 0 Å². The van der Waals surface area contributed by atoms with Crippen LogP contribution in [0.25, 0.3) is 0 Å². The average molecular weight is 274 g/mol. The van der Waals surface area contributed by atoms with E-state index in [-0.39, 0.29) is 12.2 Å². The van der Waals surface area contributed by atoms with Gasteiger partial charge in [-0.05, 0) is 47.6 Å². The quantitative estimate of drug-likeness (QED) is 0.724. The third kappa shape index (κ3) is 8.83. The van der Waals surface area contributed by atoms with Crippen molar-refractivity contribution < 1.29 is 14.3 Å². The number of methoxy groups -OCH3 is 1. The summed E-state index contributed by atoms with van der Waals surface area (Å²) in [6.45, 7) is 11.3. The fourth-order valence-electron chi connectivity index (χ4n) is 1.45. The van der Waals surface area contributed by atoms with E-state index in [0.717, 1.165) is 13.0 Å². The molecule has 1 amide bonds. The van der Waals surface area contributed by atoms with Gasteiger partial charge in [0, 0.05) is 26.7 Å². The Morgan fingerprint density at radius 3 is 2.37 bits per heavy atom. The van der Waals surface area contributed by atoms with Crippen molar-refractivity contribution in [1.82, 2.24) is 10.2 Å². The molecule has 0 aromatic heterocycles. The highest BCUT2D eigenvalue weighted by molar-refractivity contribution is 5.67. The molecule has 0 aliphatic carbocycles. The maximum Gasteiger partial charge on any atom is 0.410 e. The maximum absolute atomic E-state index is 11.7. The Hall–Kier alpha value is -0.810. The lowest BCUT2D eigenvalue weighted by Gasteiger charge is -2.25. The van der Waals surface area contributed by atoms with E-state index in [2.05, 4.69) is 12.2 Å². The molecule has 0 rings (SSSR count). The predicted molar refractivity (Wildman–Crippen MR) is 77.4 cm³/mol. The van der Waals surface area contributed by atoms with Gasteiger partial charge in [0.05, 0.1) is 6.10 Å². The summed E-state index contributed by atoms with van der Waals surface area (Å²) in [7, 11) is 3.47. The summed E-state index contributed by atoms with van der Waals surface area (Å²) in [5.74, 6) is 0. The standard InChI is InChI=1S/C14H30N2O3/c1-11(12(2)18-7)15-9-8-10-16(6)13(17)19-14(3,4)5/h11-12,15H,8-10H2,1-7H3. The number of amides is 1. The maximum atomic E-state index is 11.7. The summed E-state index contributed by atoms with van der Waals surface area (Å²) >= 11 is 0. The van der Waals surface area contributed by atoms with E-state index in [1.807, 2.05) is 27.7 Å². The van der Waals surface area contributed by atoms with E-state index in [9.17, 15) is 4.79 Å². The Labute approximate surface area is 117 Å². The molecule has 114 valence electrons. The van der Waals surface area contributed by atoms with Crippen molar-refractivity contribution in [3.05, 3.63) is 0 Å². The predicted octanol–water partition coefficient (Wildman–Crippen LogP) is 2.26. The molecule has 5 nitrogen and oxygen atoms in total. The highest BCUT2D eigenvalue weighted by atomic mass is 16.6. The molecule has 0 aliphatic rings. The molecule has 0 spiro atoms. The Balaban J connectivity index is 3.80. The Kier molecular flexibility index (Phi) is 8.02. The summed E-state index contributed by atoms with van der Waals surface area (Å²) in [4.78, 5) is 13.3. The van der Waals surface area contributed by atoms with Crippen LogP contribution in [0, 0.1) is 0 Å². The van der Waals surface area contributed by atoms with Crippen molar-refractivity contribution in [2.45, 2.75) is 58.8 Å². The minimum Gasteiger partial charge on any atom is -0.444 e. The topological polar surface area (TPSA) is 50.8 Å². The van der Waals surface area contributed by atoms with Crippen LogP contribution in [0.15, 0.2) is 0 Å². The molecule has 2 atom stereocenters. The van der Waals surface area contributed by atoms with Crippen LogP contribution in [0.2, 0.25) is 0 Å². The first kappa shape index (κ1) is 18.2. The van der Waals surface area contributed by atoms with Gasteiger partial charge >= 0.3 is 6.09 Å². The van der Waals surface area contributed by atoms with E-state index >= 15 is 0 Å². The summed E-state index contributed by atoms with van der Waals surface area (Å²) in [5, 5.41) is 3.37. The number of hydrogen-bond acceptors (Lipinski definition) is 4. The Morgan fingerprint density at radius 2 is 1.89 bits per heavy atom. The molecule has 2 unspecified atom stereocenters. The van der Waals surface area contributed by atoms with Gasteiger partial charge < -0.3 is 19.7 Å². The SMILES string of the molecule is COC(C)C(C)NCCCN(C)C(=O)OC(C)(C)C. The van der Waals surface area contributed by atoms with Gasteiger partial charge in [-0.15, -0.1) is 0 Å². The lowest BCUT2D eigenvalue weighted by Crippen LogP contribution is -2.39. The van der Waals surface area contributed by atoms with E-state index in [0.29, 0.717) is 12.6 Å². The van der Waals surface area contributed by atoms with Crippen molar-refractivity contribution in [2.75, 3.05) is 27.2 Å². The largest absolute Gasteiger partial charge is 0.444 e. The van der Waals surface area contributed by atoms with Crippen LogP contribution in [0.3, 0.4) is 0 Å². The summed E-state index contributed by atoms with van der Waals surface area (Å²) < 4.78 is 10.5. The monoisotopic (exact) mass is 274 g/mol.